The zero-order chi connectivity index (χ0) is 15.7. The molecule has 2 unspecified atom stereocenters. The van der Waals surface area contributed by atoms with E-state index in [4.69, 9.17) is 9.47 Å². The average molecular weight is 299 g/mol. The van der Waals surface area contributed by atoms with Crippen LogP contribution in [0.5, 0.6) is 0 Å². The lowest BCUT2D eigenvalue weighted by Gasteiger charge is -2.33. The van der Waals surface area contributed by atoms with Crippen molar-refractivity contribution in [3.05, 3.63) is 0 Å². The maximum absolute atomic E-state index is 12.3. The van der Waals surface area contributed by atoms with Gasteiger partial charge in [-0.05, 0) is 38.6 Å². The summed E-state index contributed by atoms with van der Waals surface area (Å²) in [4.78, 5) is 12.3. The van der Waals surface area contributed by atoms with Gasteiger partial charge in [-0.2, -0.15) is 0 Å². The normalized spacial score (nSPS) is 19.0. The fraction of sp³-hybridized carbons (Fsp3) is 0.941. The first kappa shape index (κ1) is 18.4. The Labute approximate surface area is 130 Å². The SMILES string of the molecule is CCCCCCC(C)OCC(NCC)(C(=O)OC)C1CC1. The highest BCUT2D eigenvalue weighted by atomic mass is 16.5. The molecule has 0 heterocycles. The van der Waals surface area contributed by atoms with Crippen LogP contribution in [0, 0.1) is 5.92 Å². The number of carbonyl (C=O) groups excluding carboxylic acids is 1. The molecule has 0 aromatic rings. The van der Waals surface area contributed by atoms with E-state index in [1.165, 1.54) is 32.8 Å². The third-order valence-electron chi connectivity index (χ3n) is 4.38. The Kier molecular flexibility index (Phi) is 8.27. The second-order valence-corrected chi connectivity index (χ2v) is 6.24. The van der Waals surface area contributed by atoms with E-state index in [0.717, 1.165) is 25.8 Å². The smallest absolute Gasteiger partial charge is 0.328 e. The number of methoxy groups -OCH3 is 1. The molecule has 124 valence electrons. The van der Waals surface area contributed by atoms with Crippen molar-refractivity contribution in [2.75, 3.05) is 20.3 Å². The highest BCUT2D eigenvalue weighted by molar-refractivity contribution is 5.82. The molecule has 1 N–H and O–H groups in total. The second kappa shape index (κ2) is 9.42. The van der Waals surface area contributed by atoms with Gasteiger partial charge in [-0.25, -0.2) is 4.79 Å². The Morgan fingerprint density at radius 1 is 1.29 bits per heavy atom. The number of hydrogen-bond donors (Lipinski definition) is 1. The summed E-state index contributed by atoms with van der Waals surface area (Å²) in [6, 6.07) is 0. The fourth-order valence-corrected chi connectivity index (χ4v) is 2.90. The van der Waals surface area contributed by atoms with Crippen molar-refractivity contribution in [3.8, 4) is 0 Å². The van der Waals surface area contributed by atoms with Gasteiger partial charge in [0.2, 0.25) is 0 Å². The number of unbranched alkanes of at least 4 members (excludes halogenated alkanes) is 3. The monoisotopic (exact) mass is 299 g/mol. The molecule has 1 rings (SSSR count). The molecule has 0 spiro atoms. The molecule has 1 aliphatic rings. The van der Waals surface area contributed by atoms with E-state index in [1.54, 1.807) is 0 Å². The van der Waals surface area contributed by atoms with E-state index in [2.05, 4.69) is 19.2 Å². The maximum atomic E-state index is 12.3. The fourth-order valence-electron chi connectivity index (χ4n) is 2.90. The molecule has 1 aliphatic carbocycles. The molecular formula is C17H33NO3. The standard InChI is InChI=1S/C17H33NO3/c1-5-7-8-9-10-14(3)21-13-17(18-6-2,15-11-12-15)16(19)20-4/h14-15,18H,5-13H2,1-4H3. The molecule has 2 atom stereocenters. The number of nitrogens with one attached hydrogen (secondary N) is 1. The van der Waals surface area contributed by atoms with E-state index in [-0.39, 0.29) is 12.1 Å². The minimum Gasteiger partial charge on any atom is -0.468 e. The van der Waals surface area contributed by atoms with E-state index in [9.17, 15) is 4.79 Å². The van der Waals surface area contributed by atoms with Crippen LogP contribution in [0.2, 0.25) is 0 Å². The van der Waals surface area contributed by atoms with Crippen LogP contribution in [0.15, 0.2) is 0 Å². The maximum Gasteiger partial charge on any atom is 0.328 e. The zero-order valence-corrected chi connectivity index (χ0v) is 14.2. The van der Waals surface area contributed by atoms with Crippen molar-refractivity contribution in [3.63, 3.8) is 0 Å². The van der Waals surface area contributed by atoms with Crippen molar-refractivity contribution in [1.29, 1.82) is 0 Å². The van der Waals surface area contributed by atoms with Crippen LogP contribution < -0.4 is 5.32 Å². The van der Waals surface area contributed by atoms with Gasteiger partial charge in [0, 0.05) is 0 Å². The molecule has 0 radical (unpaired) electrons. The van der Waals surface area contributed by atoms with Gasteiger partial charge in [-0.15, -0.1) is 0 Å². The summed E-state index contributed by atoms with van der Waals surface area (Å²) in [6.45, 7) is 7.52. The minimum absolute atomic E-state index is 0.176. The van der Waals surface area contributed by atoms with Crippen molar-refractivity contribution in [2.45, 2.75) is 77.4 Å². The Morgan fingerprint density at radius 3 is 2.52 bits per heavy atom. The van der Waals surface area contributed by atoms with E-state index in [0.29, 0.717) is 12.5 Å². The van der Waals surface area contributed by atoms with E-state index >= 15 is 0 Å². The van der Waals surface area contributed by atoms with Gasteiger partial charge in [0.15, 0.2) is 0 Å². The quantitative estimate of drug-likeness (QED) is 0.444. The number of rotatable bonds is 12. The van der Waals surface area contributed by atoms with Gasteiger partial charge in [-0.3, -0.25) is 5.32 Å². The highest BCUT2D eigenvalue weighted by Gasteiger charge is 2.51. The largest absolute Gasteiger partial charge is 0.468 e. The van der Waals surface area contributed by atoms with Gasteiger partial charge < -0.3 is 9.47 Å². The van der Waals surface area contributed by atoms with Gasteiger partial charge >= 0.3 is 5.97 Å². The Hall–Kier alpha value is -0.610. The molecule has 0 aliphatic heterocycles. The lowest BCUT2D eigenvalue weighted by atomic mass is 9.94. The van der Waals surface area contributed by atoms with Crippen LogP contribution >= 0.6 is 0 Å². The van der Waals surface area contributed by atoms with Crippen molar-refractivity contribution < 1.29 is 14.3 Å². The second-order valence-electron chi connectivity index (χ2n) is 6.24. The molecule has 4 heteroatoms. The van der Waals surface area contributed by atoms with E-state index in [1.807, 2.05) is 6.92 Å². The predicted molar refractivity (Wildman–Crippen MR) is 85.3 cm³/mol. The first-order chi connectivity index (χ1) is 10.1. The molecule has 1 fully saturated rings. The molecule has 21 heavy (non-hydrogen) atoms. The molecule has 0 saturated heterocycles. The molecule has 0 aromatic carbocycles. The first-order valence-corrected chi connectivity index (χ1v) is 8.55. The van der Waals surface area contributed by atoms with Crippen LogP contribution in [0.3, 0.4) is 0 Å². The summed E-state index contributed by atoms with van der Waals surface area (Å²) in [6.07, 6.45) is 8.43. The average Bonchev–Trinajstić information content (AvgIpc) is 3.32. The van der Waals surface area contributed by atoms with Crippen LogP contribution in [0.1, 0.15) is 65.7 Å². The summed E-state index contributed by atoms with van der Waals surface area (Å²) in [5.74, 6) is 0.183. The van der Waals surface area contributed by atoms with Crippen molar-refractivity contribution in [2.24, 2.45) is 5.92 Å². The molecule has 0 bridgehead atoms. The number of carbonyl (C=O) groups is 1. The molecule has 4 nitrogen and oxygen atoms in total. The summed E-state index contributed by atoms with van der Waals surface area (Å²) in [5, 5.41) is 3.34. The third kappa shape index (κ3) is 5.59. The Balaban J connectivity index is 2.47. The lowest BCUT2D eigenvalue weighted by molar-refractivity contribution is -0.154. The molecule has 0 aromatic heterocycles. The lowest BCUT2D eigenvalue weighted by Crippen LogP contribution is -2.58. The van der Waals surface area contributed by atoms with Gasteiger partial charge in [-0.1, -0.05) is 39.5 Å². The number of hydrogen-bond acceptors (Lipinski definition) is 4. The number of likely N-dealkylation sites (N-methyl/N-ethyl adjacent to an activating group) is 1. The Bertz CT molecular complexity index is 304. The third-order valence-corrected chi connectivity index (χ3v) is 4.38. The van der Waals surface area contributed by atoms with Crippen LogP contribution in [-0.2, 0) is 14.3 Å². The highest BCUT2D eigenvalue weighted by Crippen LogP contribution is 2.41. The molecule has 0 amide bonds. The predicted octanol–water partition coefficient (Wildman–Crippen LogP) is 3.29. The van der Waals surface area contributed by atoms with E-state index < -0.39 is 5.54 Å². The van der Waals surface area contributed by atoms with Crippen molar-refractivity contribution in [1.82, 2.24) is 5.32 Å². The summed E-state index contributed by atoms with van der Waals surface area (Å²) < 4.78 is 11.0. The zero-order valence-electron chi connectivity index (χ0n) is 14.2. The summed E-state index contributed by atoms with van der Waals surface area (Å²) >= 11 is 0. The topological polar surface area (TPSA) is 47.6 Å². The van der Waals surface area contributed by atoms with Crippen LogP contribution in [0.25, 0.3) is 0 Å². The first-order valence-electron chi connectivity index (χ1n) is 8.55. The minimum atomic E-state index is -0.638. The van der Waals surface area contributed by atoms with Crippen LogP contribution in [-0.4, -0.2) is 37.9 Å². The van der Waals surface area contributed by atoms with Gasteiger partial charge in [0.25, 0.3) is 0 Å². The van der Waals surface area contributed by atoms with Crippen molar-refractivity contribution >= 4 is 5.97 Å². The summed E-state index contributed by atoms with van der Waals surface area (Å²) in [7, 11) is 1.46. The molecular weight excluding hydrogens is 266 g/mol. The van der Waals surface area contributed by atoms with Gasteiger partial charge in [0.05, 0.1) is 19.8 Å². The van der Waals surface area contributed by atoms with Gasteiger partial charge in [0.1, 0.15) is 5.54 Å². The summed E-state index contributed by atoms with van der Waals surface area (Å²) in [5.41, 5.74) is -0.638. The Morgan fingerprint density at radius 2 is 2.00 bits per heavy atom. The molecule has 1 saturated carbocycles. The van der Waals surface area contributed by atoms with Crippen LogP contribution in [0.4, 0.5) is 0 Å². The number of ether oxygens (including phenoxy) is 2. The number of esters is 1.